The van der Waals surface area contributed by atoms with Crippen molar-refractivity contribution in [3.8, 4) is 0 Å². The number of imide groups is 1. The smallest absolute Gasteiger partial charge is 0.322 e. The standard InChI is InChI=1S/C12H16N2O5/c15-9(13-8-12(18)19)4-2-1-3-7-14-10(16)5-6-11(14)17/h5-6H,1-4,7-8H2,(H,13,15)(H,18,19). The van der Waals surface area contributed by atoms with E-state index in [1.165, 1.54) is 12.2 Å². The zero-order chi connectivity index (χ0) is 14.3. The van der Waals surface area contributed by atoms with E-state index in [-0.39, 0.29) is 30.7 Å². The fourth-order valence-corrected chi connectivity index (χ4v) is 1.65. The minimum Gasteiger partial charge on any atom is -0.480 e. The Hall–Kier alpha value is -2.18. The highest BCUT2D eigenvalue weighted by Crippen LogP contribution is 2.07. The Kier molecular flexibility index (Phi) is 5.72. The van der Waals surface area contributed by atoms with E-state index in [2.05, 4.69) is 5.32 Å². The molecule has 0 aromatic rings. The predicted octanol–water partition coefficient (Wildman–Crippen LogP) is -0.327. The first kappa shape index (κ1) is 14.9. The molecule has 0 aromatic heterocycles. The van der Waals surface area contributed by atoms with Crippen molar-refractivity contribution in [2.75, 3.05) is 13.1 Å². The van der Waals surface area contributed by atoms with Crippen LogP contribution in [-0.2, 0) is 19.2 Å². The molecule has 1 heterocycles. The van der Waals surface area contributed by atoms with Gasteiger partial charge in [-0.3, -0.25) is 24.1 Å². The van der Waals surface area contributed by atoms with Gasteiger partial charge in [0.2, 0.25) is 5.91 Å². The first-order valence-electron chi connectivity index (χ1n) is 6.02. The fraction of sp³-hybridized carbons (Fsp3) is 0.500. The zero-order valence-electron chi connectivity index (χ0n) is 10.4. The summed E-state index contributed by atoms with van der Waals surface area (Å²) in [4.78, 5) is 44.9. The van der Waals surface area contributed by atoms with Crippen LogP contribution >= 0.6 is 0 Å². The first-order chi connectivity index (χ1) is 9.00. The van der Waals surface area contributed by atoms with Gasteiger partial charge in [0.05, 0.1) is 0 Å². The average molecular weight is 268 g/mol. The van der Waals surface area contributed by atoms with Crippen molar-refractivity contribution in [2.45, 2.75) is 25.7 Å². The molecule has 0 saturated heterocycles. The lowest BCUT2D eigenvalue weighted by atomic mass is 10.2. The molecule has 2 N–H and O–H groups in total. The number of carbonyl (C=O) groups excluding carboxylic acids is 3. The third kappa shape index (κ3) is 5.33. The largest absolute Gasteiger partial charge is 0.480 e. The molecule has 0 radical (unpaired) electrons. The molecule has 7 heteroatoms. The number of unbranched alkanes of at least 4 members (excludes halogenated alkanes) is 2. The van der Waals surface area contributed by atoms with E-state index in [9.17, 15) is 19.2 Å². The molecule has 0 aromatic carbocycles. The highest BCUT2D eigenvalue weighted by Gasteiger charge is 2.22. The third-order valence-electron chi connectivity index (χ3n) is 2.62. The van der Waals surface area contributed by atoms with Crippen LogP contribution in [0.1, 0.15) is 25.7 Å². The van der Waals surface area contributed by atoms with E-state index in [0.29, 0.717) is 25.8 Å². The number of rotatable bonds is 8. The van der Waals surface area contributed by atoms with Crippen LogP contribution in [0.4, 0.5) is 0 Å². The number of amides is 3. The lowest BCUT2D eigenvalue weighted by molar-refractivity contribution is -0.138. The van der Waals surface area contributed by atoms with Crippen molar-refractivity contribution in [2.24, 2.45) is 0 Å². The lowest BCUT2D eigenvalue weighted by Gasteiger charge is -2.12. The predicted molar refractivity (Wildman–Crippen MR) is 65.0 cm³/mol. The molecular weight excluding hydrogens is 252 g/mol. The summed E-state index contributed by atoms with van der Waals surface area (Å²) in [5, 5.41) is 10.6. The second-order valence-electron chi connectivity index (χ2n) is 4.14. The van der Waals surface area contributed by atoms with Gasteiger partial charge in [0.1, 0.15) is 6.54 Å². The van der Waals surface area contributed by atoms with E-state index in [0.717, 1.165) is 4.90 Å². The van der Waals surface area contributed by atoms with Gasteiger partial charge >= 0.3 is 5.97 Å². The SMILES string of the molecule is O=C(O)CNC(=O)CCCCCN1C(=O)C=CC1=O. The van der Waals surface area contributed by atoms with Crippen LogP contribution in [0.3, 0.4) is 0 Å². The van der Waals surface area contributed by atoms with Crippen LogP contribution in [0, 0.1) is 0 Å². The maximum absolute atomic E-state index is 11.2. The van der Waals surface area contributed by atoms with Crippen LogP contribution in [-0.4, -0.2) is 46.8 Å². The molecule has 104 valence electrons. The molecule has 1 aliphatic heterocycles. The van der Waals surface area contributed by atoms with Crippen LogP contribution in [0.15, 0.2) is 12.2 Å². The first-order valence-corrected chi connectivity index (χ1v) is 6.02. The number of hydrogen-bond donors (Lipinski definition) is 2. The summed E-state index contributed by atoms with van der Waals surface area (Å²) < 4.78 is 0. The molecule has 0 fully saturated rings. The minimum absolute atomic E-state index is 0.243. The summed E-state index contributed by atoms with van der Waals surface area (Å²) in [6, 6.07) is 0. The van der Waals surface area contributed by atoms with Gasteiger partial charge in [0.15, 0.2) is 0 Å². The van der Waals surface area contributed by atoms with Crippen molar-refractivity contribution in [1.29, 1.82) is 0 Å². The molecule has 1 aliphatic rings. The minimum atomic E-state index is -1.08. The molecule has 0 spiro atoms. The number of hydrogen-bond acceptors (Lipinski definition) is 4. The second-order valence-corrected chi connectivity index (χ2v) is 4.14. The van der Waals surface area contributed by atoms with E-state index in [4.69, 9.17) is 5.11 Å². The summed E-state index contributed by atoms with van der Waals surface area (Å²) >= 11 is 0. The van der Waals surface area contributed by atoms with E-state index >= 15 is 0 Å². The Labute approximate surface area is 110 Å². The monoisotopic (exact) mass is 268 g/mol. The summed E-state index contributed by atoms with van der Waals surface area (Å²) in [7, 11) is 0. The maximum Gasteiger partial charge on any atom is 0.322 e. The van der Waals surface area contributed by atoms with Gasteiger partial charge in [-0.2, -0.15) is 0 Å². The molecular formula is C12H16N2O5. The van der Waals surface area contributed by atoms with Crippen LogP contribution in [0.25, 0.3) is 0 Å². The van der Waals surface area contributed by atoms with Crippen LogP contribution in [0.5, 0.6) is 0 Å². The molecule has 0 bridgehead atoms. The van der Waals surface area contributed by atoms with Crippen molar-refractivity contribution >= 4 is 23.7 Å². The summed E-state index contributed by atoms with van der Waals surface area (Å²) in [5.74, 6) is -1.99. The van der Waals surface area contributed by atoms with E-state index < -0.39 is 5.97 Å². The van der Waals surface area contributed by atoms with Gasteiger partial charge in [-0.1, -0.05) is 6.42 Å². The molecule has 19 heavy (non-hydrogen) atoms. The van der Waals surface area contributed by atoms with Crippen molar-refractivity contribution in [1.82, 2.24) is 10.2 Å². The van der Waals surface area contributed by atoms with Crippen LogP contribution in [0.2, 0.25) is 0 Å². The third-order valence-corrected chi connectivity index (χ3v) is 2.62. The van der Waals surface area contributed by atoms with Gasteiger partial charge in [0, 0.05) is 25.1 Å². The van der Waals surface area contributed by atoms with Gasteiger partial charge in [0.25, 0.3) is 11.8 Å². The molecule has 0 unspecified atom stereocenters. The Bertz CT molecular complexity index is 398. The summed E-state index contributed by atoms with van der Waals surface area (Å²) in [6.07, 6.45) is 4.63. The molecule has 0 atom stereocenters. The van der Waals surface area contributed by atoms with Crippen molar-refractivity contribution in [3.63, 3.8) is 0 Å². The maximum atomic E-state index is 11.2. The molecule has 7 nitrogen and oxygen atoms in total. The molecule has 0 saturated carbocycles. The van der Waals surface area contributed by atoms with Gasteiger partial charge in [-0.15, -0.1) is 0 Å². The topological polar surface area (TPSA) is 104 Å². The number of nitrogens with one attached hydrogen (secondary N) is 1. The normalized spacial score (nSPS) is 14.0. The fourth-order valence-electron chi connectivity index (χ4n) is 1.65. The van der Waals surface area contributed by atoms with Gasteiger partial charge in [-0.05, 0) is 12.8 Å². The quantitative estimate of drug-likeness (QED) is 0.463. The number of carboxylic acids is 1. The average Bonchev–Trinajstić information content (AvgIpc) is 2.67. The van der Waals surface area contributed by atoms with Gasteiger partial charge < -0.3 is 10.4 Å². The summed E-state index contributed by atoms with van der Waals surface area (Å²) in [6.45, 7) is -0.0251. The molecule has 3 amide bonds. The van der Waals surface area contributed by atoms with E-state index in [1.807, 2.05) is 0 Å². The Morgan fingerprint density at radius 3 is 2.32 bits per heavy atom. The van der Waals surface area contributed by atoms with Crippen molar-refractivity contribution < 1.29 is 24.3 Å². The lowest BCUT2D eigenvalue weighted by Crippen LogP contribution is -2.31. The Morgan fingerprint density at radius 1 is 1.11 bits per heavy atom. The highest BCUT2D eigenvalue weighted by atomic mass is 16.4. The molecule has 0 aliphatic carbocycles. The highest BCUT2D eigenvalue weighted by molar-refractivity contribution is 6.12. The van der Waals surface area contributed by atoms with Crippen LogP contribution < -0.4 is 5.32 Å². The Balaban J connectivity index is 2.05. The number of nitrogens with zero attached hydrogens (tertiary/aromatic N) is 1. The number of carbonyl (C=O) groups is 4. The van der Waals surface area contributed by atoms with E-state index in [1.54, 1.807) is 0 Å². The Morgan fingerprint density at radius 2 is 1.74 bits per heavy atom. The number of aliphatic carboxylic acids is 1. The number of carboxylic acid groups (broad SMARTS) is 1. The van der Waals surface area contributed by atoms with Crippen molar-refractivity contribution in [3.05, 3.63) is 12.2 Å². The second kappa shape index (κ2) is 7.30. The molecule has 1 rings (SSSR count). The van der Waals surface area contributed by atoms with Gasteiger partial charge in [-0.25, -0.2) is 0 Å². The zero-order valence-corrected chi connectivity index (χ0v) is 10.4. The summed E-state index contributed by atoms with van der Waals surface area (Å²) in [5.41, 5.74) is 0.